The number of rotatable bonds is 5. The van der Waals surface area contributed by atoms with Crippen molar-refractivity contribution in [1.82, 2.24) is 4.98 Å². The van der Waals surface area contributed by atoms with Crippen molar-refractivity contribution in [2.45, 2.75) is 12.0 Å². The van der Waals surface area contributed by atoms with Gasteiger partial charge >= 0.3 is 0 Å². The Labute approximate surface area is 152 Å². The van der Waals surface area contributed by atoms with Crippen LogP contribution >= 0.6 is 0 Å². The fourth-order valence-corrected chi connectivity index (χ4v) is 3.55. The molecule has 0 bridgehead atoms. The second-order valence-corrected chi connectivity index (χ2v) is 6.40. The van der Waals surface area contributed by atoms with Gasteiger partial charge in [-0.05, 0) is 28.8 Å². The summed E-state index contributed by atoms with van der Waals surface area (Å²) in [6.07, 6.45) is 1.35. The first-order valence-electron chi connectivity index (χ1n) is 8.71. The smallest absolute Gasteiger partial charge is 0.120 e. The number of aromatic amines is 1. The summed E-state index contributed by atoms with van der Waals surface area (Å²) < 4.78 is 5.32. The van der Waals surface area contributed by atoms with Crippen LogP contribution in [0.25, 0.3) is 10.9 Å². The molecule has 0 aliphatic carbocycles. The molecule has 0 radical (unpaired) electrons. The van der Waals surface area contributed by atoms with E-state index in [1.807, 2.05) is 72.9 Å². The molecule has 3 aromatic carbocycles. The van der Waals surface area contributed by atoms with E-state index in [1.165, 1.54) is 0 Å². The highest BCUT2D eigenvalue weighted by molar-refractivity contribution is 5.85. The summed E-state index contributed by atoms with van der Waals surface area (Å²) in [4.78, 5) is 3.33. The van der Waals surface area contributed by atoms with Crippen LogP contribution < -0.4 is 4.74 Å². The second-order valence-electron chi connectivity index (χ2n) is 6.40. The number of fused-ring (bicyclic) bond motifs is 1. The van der Waals surface area contributed by atoms with E-state index in [0.29, 0.717) is 0 Å². The van der Waals surface area contributed by atoms with E-state index in [9.17, 15) is 5.11 Å². The Bertz CT molecular complexity index is 993. The highest BCUT2D eigenvalue weighted by Crippen LogP contribution is 2.40. The summed E-state index contributed by atoms with van der Waals surface area (Å²) in [5.74, 6) is 0.645. The third-order valence-corrected chi connectivity index (χ3v) is 4.87. The SMILES string of the molecule is COc1ccc2c([C@@H](c3ccccc3)[C@@H](O)c3ccccc3)c[nH]c2c1. The molecule has 1 heterocycles. The molecule has 3 heteroatoms. The Morgan fingerprint density at radius 2 is 1.50 bits per heavy atom. The molecule has 0 aliphatic rings. The molecule has 26 heavy (non-hydrogen) atoms. The third-order valence-electron chi connectivity index (χ3n) is 4.87. The quantitative estimate of drug-likeness (QED) is 0.533. The first-order chi connectivity index (χ1) is 12.8. The number of hydrogen-bond acceptors (Lipinski definition) is 2. The van der Waals surface area contributed by atoms with Gasteiger partial charge in [-0.2, -0.15) is 0 Å². The molecule has 4 rings (SSSR count). The molecule has 1 aromatic heterocycles. The number of methoxy groups -OCH3 is 1. The van der Waals surface area contributed by atoms with Crippen LogP contribution in [0.15, 0.2) is 85.1 Å². The van der Waals surface area contributed by atoms with E-state index in [-0.39, 0.29) is 5.92 Å². The maximum Gasteiger partial charge on any atom is 0.120 e. The van der Waals surface area contributed by atoms with Gasteiger partial charge in [0.2, 0.25) is 0 Å². The van der Waals surface area contributed by atoms with E-state index >= 15 is 0 Å². The minimum atomic E-state index is -0.639. The molecule has 0 fully saturated rings. The van der Waals surface area contributed by atoms with Crippen LogP contribution in [0.2, 0.25) is 0 Å². The van der Waals surface area contributed by atoms with Gasteiger partial charge in [-0.3, -0.25) is 0 Å². The van der Waals surface area contributed by atoms with Crippen LogP contribution in [0.4, 0.5) is 0 Å². The van der Waals surface area contributed by atoms with Gasteiger partial charge in [-0.15, -0.1) is 0 Å². The van der Waals surface area contributed by atoms with E-state index in [0.717, 1.165) is 33.3 Å². The predicted octanol–water partition coefficient (Wildman–Crippen LogP) is 5.04. The van der Waals surface area contributed by atoms with Gasteiger partial charge in [0, 0.05) is 29.1 Å². The normalized spacial score (nSPS) is 13.5. The lowest BCUT2D eigenvalue weighted by molar-refractivity contribution is 0.159. The predicted molar refractivity (Wildman–Crippen MR) is 105 cm³/mol. The van der Waals surface area contributed by atoms with Crippen molar-refractivity contribution in [3.8, 4) is 5.75 Å². The molecule has 0 spiro atoms. The average Bonchev–Trinajstić information content (AvgIpc) is 3.12. The Kier molecular flexibility index (Phi) is 4.46. The number of ether oxygens (including phenoxy) is 1. The maximum atomic E-state index is 11.2. The Balaban J connectivity index is 1.86. The Morgan fingerprint density at radius 3 is 2.15 bits per heavy atom. The molecule has 130 valence electrons. The standard InChI is InChI=1S/C23H21NO2/c1-26-18-12-13-19-20(15-24-21(19)14-18)22(16-8-4-2-5-9-16)23(25)17-10-6-3-7-11-17/h2-15,22-25H,1H3/t22-,23+/m1/s1. The van der Waals surface area contributed by atoms with Crippen molar-refractivity contribution in [2.24, 2.45) is 0 Å². The van der Waals surface area contributed by atoms with Crippen molar-refractivity contribution in [3.63, 3.8) is 0 Å². The monoisotopic (exact) mass is 343 g/mol. The van der Waals surface area contributed by atoms with Crippen molar-refractivity contribution < 1.29 is 9.84 Å². The molecule has 2 N–H and O–H groups in total. The Hall–Kier alpha value is -3.04. The van der Waals surface area contributed by atoms with Crippen LogP contribution in [-0.4, -0.2) is 17.2 Å². The van der Waals surface area contributed by atoms with Crippen LogP contribution in [-0.2, 0) is 0 Å². The molecular weight excluding hydrogens is 322 g/mol. The van der Waals surface area contributed by atoms with Crippen LogP contribution in [0.5, 0.6) is 5.75 Å². The summed E-state index contributed by atoms with van der Waals surface area (Å²) in [5.41, 5.74) is 4.07. The second kappa shape index (κ2) is 7.06. The number of nitrogens with one attached hydrogen (secondary N) is 1. The number of benzene rings is 3. The molecule has 0 aliphatic heterocycles. The highest BCUT2D eigenvalue weighted by Gasteiger charge is 2.27. The molecule has 0 unspecified atom stereocenters. The lowest BCUT2D eigenvalue weighted by atomic mass is 9.83. The van der Waals surface area contributed by atoms with Crippen LogP contribution in [0.1, 0.15) is 28.7 Å². The van der Waals surface area contributed by atoms with Gasteiger partial charge < -0.3 is 14.8 Å². The van der Waals surface area contributed by atoms with Crippen molar-refractivity contribution in [2.75, 3.05) is 7.11 Å². The van der Waals surface area contributed by atoms with E-state index in [4.69, 9.17) is 4.74 Å². The average molecular weight is 343 g/mol. The third kappa shape index (κ3) is 2.98. The van der Waals surface area contributed by atoms with Crippen molar-refractivity contribution in [1.29, 1.82) is 0 Å². The fourth-order valence-electron chi connectivity index (χ4n) is 3.55. The zero-order chi connectivity index (χ0) is 17.9. The number of H-pyrrole nitrogens is 1. The molecular formula is C23H21NO2. The first-order valence-corrected chi connectivity index (χ1v) is 8.71. The number of aliphatic hydroxyl groups excluding tert-OH is 1. The van der Waals surface area contributed by atoms with Crippen LogP contribution in [0.3, 0.4) is 0 Å². The number of aromatic nitrogens is 1. The van der Waals surface area contributed by atoms with Gasteiger partial charge in [0.15, 0.2) is 0 Å². The van der Waals surface area contributed by atoms with Gasteiger partial charge in [-0.25, -0.2) is 0 Å². The molecule has 2 atom stereocenters. The molecule has 0 saturated carbocycles. The summed E-state index contributed by atoms with van der Waals surface area (Å²) in [7, 11) is 1.66. The summed E-state index contributed by atoms with van der Waals surface area (Å²) in [6, 6.07) is 26.0. The Morgan fingerprint density at radius 1 is 0.846 bits per heavy atom. The topological polar surface area (TPSA) is 45.2 Å². The molecule has 0 amide bonds. The summed E-state index contributed by atoms with van der Waals surface area (Å²) >= 11 is 0. The summed E-state index contributed by atoms with van der Waals surface area (Å²) in [6.45, 7) is 0. The minimum Gasteiger partial charge on any atom is -0.497 e. The van der Waals surface area contributed by atoms with Gasteiger partial charge in [0.25, 0.3) is 0 Å². The zero-order valence-corrected chi connectivity index (χ0v) is 14.6. The van der Waals surface area contributed by atoms with Crippen molar-refractivity contribution >= 4 is 10.9 Å². The maximum absolute atomic E-state index is 11.2. The van der Waals surface area contributed by atoms with E-state index in [2.05, 4.69) is 17.1 Å². The van der Waals surface area contributed by atoms with Crippen LogP contribution in [0, 0.1) is 0 Å². The zero-order valence-electron chi connectivity index (χ0n) is 14.6. The van der Waals surface area contributed by atoms with Gasteiger partial charge in [0.1, 0.15) is 5.75 Å². The van der Waals surface area contributed by atoms with Crippen molar-refractivity contribution in [3.05, 3.63) is 102 Å². The fraction of sp³-hybridized carbons (Fsp3) is 0.130. The van der Waals surface area contributed by atoms with Gasteiger partial charge in [0.05, 0.1) is 13.2 Å². The van der Waals surface area contributed by atoms with E-state index < -0.39 is 6.10 Å². The lowest BCUT2D eigenvalue weighted by Crippen LogP contribution is -2.12. The number of aliphatic hydroxyl groups is 1. The highest BCUT2D eigenvalue weighted by atomic mass is 16.5. The minimum absolute atomic E-state index is 0.166. The van der Waals surface area contributed by atoms with E-state index in [1.54, 1.807) is 7.11 Å². The first kappa shape index (κ1) is 16.4. The summed E-state index contributed by atoms with van der Waals surface area (Å²) in [5, 5.41) is 12.3. The lowest BCUT2D eigenvalue weighted by Gasteiger charge is -2.24. The number of hydrogen-bond donors (Lipinski definition) is 2. The molecule has 0 saturated heterocycles. The molecule has 4 aromatic rings. The largest absolute Gasteiger partial charge is 0.497 e. The van der Waals surface area contributed by atoms with Gasteiger partial charge in [-0.1, -0.05) is 60.7 Å². The molecule has 3 nitrogen and oxygen atoms in total.